The summed E-state index contributed by atoms with van der Waals surface area (Å²) in [7, 11) is 0. The van der Waals surface area contributed by atoms with Crippen LogP contribution in [0.1, 0.15) is 24.5 Å². The Balaban J connectivity index is 1.88. The van der Waals surface area contributed by atoms with Crippen molar-refractivity contribution >= 4 is 12.0 Å². The lowest BCUT2D eigenvalue weighted by Crippen LogP contribution is -2.36. The number of nitrogens with one attached hydrogen (secondary N) is 1. The van der Waals surface area contributed by atoms with Crippen LogP contribution in [0, 0.1) is 5.92 Å². The van der Waals surface area contributed by atoms with Crippen molar-refractivity contribution in [1.29, 1.82) is 0 Å². The first-order chi connectivity index (χ1) is 10.7. The Labute approximate surface area is 128 Å². The van der Waals surface area contributed by atoms with Crippen LogP contribution in [-0.2, 0) is 19.4 Å². The summed E-state index contributed by atoms with van der Waals surface area (Å²) in [6, 6.07) is 10.2. The molecular formula is C17H19N3O2. The topological polar surface area (TPSA) is 67.2 Å². The van der Waals surface area contributed by atoms with Gasteiger partial charge < -0.3 is 0 Å². The van der Waals surface area contributed by atoms with Crippen molar-refractivity contribution in [3.05, 3.63) is 62.3 Å². The van der Waals surface area contributed by atoms with E-state index >= 15 is 0 Å². The molecular weight excluding hydrogens is 278 g/mol. The van der Waals surface area contributed by atoms with Crippen LogP contribution in [0.3, 0.4) is 0 Å². The number of nitrogens with zero attached hydrogens (tertiary/aromatic N) is 2. The maximum absolute atomic E-state index is 12.4. The van der Waals surface area contributed by atoms with Crippen LogP contribution in [0.2, 0.25) is 0 Å². The molecule has 114 valence electrons. The lowest BCUT2D eigenvalue weighted by molar-refractivity contribution is 0.619. The quantitative estimate of drug-likeness (QED) is 0.942. The minimum absolute atomic E-state index is 0.209. The Bertz CT molecular complexity index is 803. The van der Waals surface area contributed by atoms with E-state index in [-0.39, 0.29) is 17.2 Å². The van der Waals surface area contributed by atoms with Gasteiger partial charge in [-0.05, 0) is 37.7 Å². The number of aromatic nitrogens is 2. The molecule has 1 aliphatic heterocycles. The monoisotopic (exact) mass is 297 g/mol. The van der Waals surface area contributed by atoms with Gasteiger partial charge in [0.25, 0.3) is 5.56 Å². The molecule has 1 unspecified atom stereocenters. The number of hydrogen-bond acceptors (Lipinski definition) is 3. The fraction of sp³-hybridized carbons (Fsp3) is 0.353. The fourth-order valence-corrected chi connectivity index (χ4v) is 2.88. The number of benzene rings is 1. The van der Waals surface area contributed by atoms with Crippen LogP contribution < -0.4 is 11.2 Å². The van der Waals surface area contributed by atoms with Gasteiger partial charge in [0, 0.05) is 12.8 Å². The molecule has 1 N–H and O–H groups in total. The van der Waals surface area contributed by atoms with Crippen LogP contribution in [0.15, 0.2) is 44.9 Å². The third-order valence-electron chi connectivity index (χ3n) is 4.10. The van der Waals surface area contributed by atoms with Crippen molar-refractivity contribution in [2.45, 2.75) is 32.7 Å². The lowest BCUT2D eigenvalue weighted by atomic mass is 9.95. The van der Waals surface area contributed by atoms with Gasteiger partial charge in [-0.3, -0.25) is 14.3 Å². The van der Waals surface area contributed by atoms with E-state index in [2.05, 4.69) is 22.1 Å². The van der Waals surface area contributed by atoms with Crippen LogP contribution >= 0.6 is 0 Å². The van der Waals surface area contributed by atoms with E-state index in [1.807, 2.05) is 24.4 Å². The molecule has 0 radical (unpaired) electrons. The SMILES string of the molecule is CCn1c(=O)[nH]c2c(c1=O)CCC(Cc1ccccc1)C=N2. The molecule has 0 saturated heterocycles. The zero-order valence-corrected chi connectivity index (χ0v) is 12.6. The van der Waals surface area contributed by atoms with Crippen molar-refractivity contribution in [2.24, 2.45) is 10.9 Å². The van der Waals surface area contributed by atoms with Gasteiger partial charge in [-0.15, -0.1) is 0 Å². The predicted octanol–water partition coefficient (Wildman–Crippen LogP) is 2.06. The fourth-order valence-electron chi connectivity index (χ4n) is 2.88. The number of aliphatic imine (C=N–C) groups is 1. The first-order valence-corrected chi connectivity index (χ1v) is 7.63. The number of rotatable bonds is 3. The van der Waals surface area contributed by atoms with Gasteiger partial charge in [0.15, 0.2) is 0 Å². The third kappa shape index (κ3) is 2.79. The molecule has 0 spiro atoms. The van der Waals surface area contributed by atoms with Crippen molar-refractivity contribution in [1.82, 2.24) is 9.55 Å². The average Bonchev–Trinajstić information content (AvgIpc) is 2.72. The van der Waals surface area contributed by atoms with Crippen molar-refractivity contribution in [2.75, 3.05) is 0 Å². The van der Waals surface area contributed by atoms with Crippen LogP contribution in [-0.4, -0.2) is 15.8 Å². The second kappa shape index (κ2) is 6.13. The summed E-state index contributed by atoms with van der Waals surface area (Å²) in [6.45, 7) is 2.17. The molecule has 3 rings (SSSR count). The second-order valence-electron chi connectivity index (χ2n) is 5.57. The summed E-state index contributed by atoms with van der Waals surface area (Å²) in [4.78, 5) is 31.3. The van der Waals surface area contributed by atoms with E-state index in [1.54, 1.807) is 6.92 Å². The molecule has 1 atom stereocenters. The summed E-state index contributed by atoms with van der Waals surface area (Å²) >= 11 is 0. The molecule has 5 heteroatoms. The summed E-state index contributed by atoms with van der Waals surface area (Å²) < 4.78 is 1.23. The summed E-state index contributed by atoms with van der Waals surface area (Å²) in [6.07, 6.45) is 4.26. The molecule has 1 aromatic carbocycles. The molecule has 1 aliphatic rings. The van der Waals surface area contributed by atoms with Gasteiger partial charge in [0.05, 0.1) is 5.56 Å². The van der Waals surface area contributed by atoms with E-state index in [9.17, 15) is 9.59 Å². The predicted molar refractivity (Wildman–Crippen MR) is 87.1 cm³/mol. The van der Waals surface area contributed by atoms with E-state index in [0.29, 0.717) is 24.3 Å². The minimum atomic E-state index is -0.384. The van der Waals surface area contributed by atoms with E-state index in [1.165, 1.54) is 10.1 Å². The van der Waals surface area contributed by atoms with Crippen LogP contribution in [0.25, 0.3) is 0 Å². The molecule has 22 heavy (non-hydrogen) atoms. The number of fused-ring (bicyclic) bond motifs is 1. The van der Waals surface area contributed by atoms with E-state index in [4.69, 9.17) is 0 Å². The highest BCUT2D eigenvalue weighted by atomic mass is 16.2. The molecule has 0 bridgehead atoms. The molecule has 0 aliphatic carbocycles. The zero-order valence-electron chi connectivity index (χ0n) is 12.6. The van der Waals surface area contributed by atoms with Gasteiger partial charge in [-0.2, -0.15) is 0 Å². The van der Waals surface area contributed by atoms with Gasteiger partial charge in [-0.1, -0.05) is 30.3 Å². The molecule has 2 heterocycles. The molecule has 0 saturated carbocycles. The number of hydrogen-bond donors (Lipinski definition) is 1. The highest BCUT2D eigenvalue weighted by Gasteiger charge is 2.18. The molecule has 0 amide bonds. The first kappa shape index (κ1) is 14.5. The zero-order chi connectivity index (χ0) is 15.5. The summed E-state index contributed by atoms with van der Waals surface area (Å²) in [5.74, 6) is 0.697. The minimum Gasteiger partial charge on any atom is -0.291 e. The largest absolute Gasteiger partial charge is 0.329 e. The maximum Gasteiger partial charge on any atom is 0.329 e. The van der Waals surface area contributed by atoms with Crippen molar-refractivity contribution in [3.63, 3.8) is 0 Å². The highest BCUT2D eigenvalue weighted by molar-refractivity contribution is 5.67. The Morgan fingerprint density at radius 1 is 1.27 bits per heavy atom. The van der Waals surface area contributed by atoms with Crippen LogP contribution in [0.4, 0.5) is 5.82 Å². The normalized spacial score (nSPS) is 17.0. The van der Waals surface area contributed by atoms with Gasteiger partial charge in [0.1, 0.15) is 5.82 Å². The summed E-state index contributed by atoms with van der Waals surface area (Å²) in [5, 5.41) is 0. The van der Waals surface area contributed by atoms with Gasteiger partial charge in [0.2, 0.25) is 0 Å². The highest BCUT2D eigenvalue weighted by Crippen LogP contribution is 2.21. The Morgan fingerprint density at radius 3 is 2.77 bits per heavy atom. The standard InChI is InChI=1S/C17H19N3O2/c1-2-20-16(21)14-9-8-13(10-12-6-4-3-5-7-12)11-18-15(14)19-17(20)22/h3-7,11,13H,2,8-10H2,1H3,(H,19,22). The van der Waals surface area contributed by atoms with Crippen molar-refractivity contribution < 1.29 is 0 Å². The second-order valence-corrected chi connectivity index (χ2v) is 5.57. The Morgan fingerprint density at radius 2 is 2.05 bits per heavy atom. The Kier molecular flexibility index (Phi) is 4.04. The molecule has 5 nitrogen and oxygen atoms in total. The van der Waals surface area contributed by atoms with Gasteiger partial charge >= 0.3 is 5.69 Å². The van der Waals surface area contributed by atoms with Gasteiger partial charge in [-0.25, -0.2) is 9.79 Å². The van der Waals surface area contributed by atoms with E-state index < -0.39 is 0 Å². The van der Waals surface area contributed by atoms with Crippen molar-refractivity contribution in [3.8, 4) is 0 Å². The molecule has 1 aromatic heterocycles. The average molecular weight is 297 g/mol. The number of H-pyrrole nitrogens is 1. The van der Waals surface area contributed by atoms with E-state index in [0.717, 1.165) is 12.8 Å². The summed E-state index contributed by atoms with van der Waals surface area (Å²) in [5.41, 5.74) is 1.28. The Hall–Kier alpha value is -2.43. The lowest BCUT2D eigenvalue weighted by Gasteiger charge is -2.10. The number of aromatic amines is 1. The smallest absolute Gasteiger partial charge is 0.291 e. The maximum atomic E-state index is 12.4. The molecule has 2 aromatic rings. The molecule has 0 fully saturated rings. The first-order valence-electron chi connectivity index (χ1n) is 7.63. The third-order valence-corrected chi connectivity index (χ3v) is 4.10. The van der Waals surface area contributed by atoms with Crippen LogP contribution in [0.5, 0.6) is 0 Å².